The molecule has 0 aliphatic carbocycles. The van der Waals surface area contributed by atoms with E-state index in [0.717, 1.165) is 18.5 Å². The normalized spacial score (nSPS) is 14.2. The number of rotatable bonds is 6. The molecule has 2 N–H and O–H groups in total. The van der Waals surface area contributed by atoms with Gasteiger partial charge in [-0.3, -0.25) is 0 Å². The molecule has 2 atom stereocenters. The van der Waals surface area contributed by atoms with Gasteiger partial charge in [-0.15, -0.1) is 0 Å². The smallest absolute Gasteiger partial charge is 0.407 e. The van der Waals surface area contributed by atoms with Crippen molar-refractivity contribution in [2.24, 2.45) is 0 Å². The molecule has 23 heavy (non-hydrogen) atoms. The van der Waals surface area contributed by atoms with Crippen LogP contribution in [0.2, 0.25) is 10.0 Å². The highest BCUT2D eigenvalue weighted by Gasteiger charge is 2.17. The van der Waals surface area contributed by atoms with Gasteiger partial charge in [0.15, 0.2) is 0 Å². The fourth-order valence-electron chi connectivity index (χ4n) is 2.05. The van der Waals surface area contributed by atoms with Crippen LogP contribution in [0.5, 0.6) is 0 Å². The minimum Gasteiger partial charge on any atom is -0.444 e. The van der Waals surface area contributed by atoms with Gasteiger partial charge in [0.1, 0.15) is 5.60 Å². The van der Waals surface area contributed by atoms with E-state index in [0.29, 0.717) is 10.0 Å². The van der Waals surface area contributed by atoms with Gasteiger partial charge in [0.25, 0.3) is 0 Å². The molecule has 0 radical (unpaired) electrons. The second-order valence-electron chi connectivity index (χ2n) is 6.68. The number of carbonyl (C=O) groups excluding carboxylic acids is 1. The van der Waals surface area contributed by atoms with Crippen molar-refractivity contribution in [3.05, 3.63) is 33.8 Å². The van der Waals surface area contributed by atoms with Gasteiger partial charge in [0.2, 0.25) is 0 Å². The number of halogens is 2. The maximum Gasteiger partial charge on any atom is 0.407 e. The molecule has 0 heterocycles. The molecule has 2 unspecified atom stereocenters. The molecule has 0 fully saturated rings. The molecule has 1 aromatic carbocycles. The molecule has 0 aliphatic rings. The second kappa shape index (κ2) is 8.76. The maximum absolute atomic E-state index is 11.7. The molecule has 0 aliphatic heterocycles. The van der Waals surface area contributed by atoms with Crippen LogP contribution in [0.15, 0.2) is 18.2 Å². The SMILES string of the molecule is CC(CCNC(C)c1cc(Cl)ccc1Cl)NC(=O)OC(C)(C)C. The van der Waals surface area contributed by atoms with Gasteiger partial charge >= 0.3 is 6.09 Å². The maximum atomic E-state index is 11.7. The van der Waals surface area contributed by atoms with Crippen molar-refractivity contribution in [1.82, 2.24) is 10.6 Å². The Hall–Kier alpha value is -0.970. The Labute approximate surface area is 148 Å². The van der Waals surface area contributed by atoms with Gasteiger partial charge in [-0.1, -0.05) is 23.2 Å². The van der Waals surface area contributed by atoms with Gasteiger partial charge in [-0.2, -0.15) is 0 Å². The highest BCUT2D eigenvalue weighted by atomic mass is 35.5. The number of alkyl carbamates (subject to hydrolysis) is 1. The number of ether oxygens (including phenoxy) is 1. The molecule has 0 saturated carbocycles. The Bertz CT molecular complexity index is 530. The predicted octanol–water partition coefficient (Wildman–Crippen LogP) is 4.95. The number of amides is 1. The van der Waals surface area contributed by atoms with E-state index in [1.54, 1.807) is 12.1 Å². The summed E-state index contributed by atoms with van der Waals surface area (Å²) in [5.74, 6) is 0. The van der Waals surface area contributed by atoms with Crippen molar-refractivity contribution in [3.63, 3.8) is 0 Å². The van der Waals surface area contributed by atoms with Gasteiger partial charge in [-0.05, 0) is 71.3 Å². The van der Waals surface area contributed by atoms with Crippen molar-refractivity contribution in [2.45, 2.75) is 58.7 Å². The van der Waals surface area contributed by atoms with E-state index in [4.69, 9.17) is 27.9 Å². The van der Waals surface area contributed by atoms with Crippen molar-refractivity contribution < 1.29 is 9.53 Å². The Morgan fingerprint density at radius 1 is 1.26 bits per heavy atom. The second-order valence-corrected chi connectivity index (χ2v) is 7.52. The van der Waals surface area contributed by atoms with E-state index < -0.39 is 11.7 Å². The number of hydrogen-bond donors (Lipinski definition) is 2. The molecular formula is C17H26Cl2N2O2. The molecule has 0 aromatic heterocycles. The highest BCUT2D eigenvalue weighted by Crippen LogP contribution is 2.26. The third-order valence-electron chi connectivity index (χ3n) is 3.22. The van der Waals surface area contributed by atoms with Crippen molar-refractivity contribution in [1.29, 1.82) is 0 Å². The van der Waals surface area contributed by atoms with Gasteiger partial charge in [-0.25, -0.2) is 4.79 Å². The number of benzene rings is 1. The van der Waals surface area contributed by atoms with E-state index in [1.807, 2.05) is 40.7 Å². The Morgan fingerprint density at radius 2 is 1.91 bits per heavy atom. The van der Waals surface area contributed by atoms with Crippen molar-refractivity contribution in [3.8, 4) is 0 Å². The van der Waals surface area contributed by atoms with Crippen LogP contribution in [0.25, 0.3) is 0 Å². The monoisotopic (exact) mass is 360 g/mol. The summed E-state index contributed by atoms with van der Waals surface area (Å²) in [5.41, 5.74) is 0.479. The van der Waals surface area contributed by atoms with Crippen molar-refractivity contribution in [2.75, 3.05) is 6.54 Å². The molecule has 1 aromatic rings. The summed E-state index contributed by atoms with van der Waals surface area (Å²) in [6, 6.07) is 5.52. The van der Waals surface area contributed by atoms with Gasteiger partial charge in [0.05, 0.1) is 0 Å². The average molecular weight is 361 g/mol. The minimum absolute atomic E-state index is 0.0133. The van der Waals surface area contributed by atoms with Gasteiger partial charge < -0.3 is 15.4 Å². The molecule has 4 nitrogen and oxygen atoms in total. The third kappa shape index (κ3) is 7.91. The fraction of sp³-hybridized carbons (Fsp3) is 0.588. The zero-order chi connectivity index (χ0) is 17.6. The topological polar surface area (TPSA) is 50.4 Å². The first-order valence-electron chi connectivity index (χ1n) is 7.76. The van der Waals surface area contributed by atoms with Crippen molar-refractivity contribution >= 4 is 29.3 Å². The third-order valence-corrected chi connectivity index (χ3v) is 3.79. The standard InChI is InChI=1S/C17H26Cl2N2O2/c1-11(21-16(22)23-17(3,4)5)8-9-20-12(2)14-10-13(18)6-7-15(14)19/h6-7,10-12,20H,8-9H2,1-5H3,(H,21,22). The van der Waals surface area contributed by atoms with Crippen LogP contribution in [-0.2, 0) is 4.74 Å². The average Bonchev–Trinajstić information content (AvgIpc) is 2.38. The quantitative estimate of drug-likeness (QED) is 0.754. The van der Waals surface area contributed by atoms with Crippen LogP contribution in [0.4, 0.5) is 4.79 Å². The highest BCUT2D eigenvalue weighted by molar-refractivity contribution is 6.33. The molecule has 6 heteroatoms. The summed E-state index contributed by atoms with van der Waals surface area (Å²) < 4.78 is 5.23. The molecule has 0 spiro atoms. The summed E-state index contributed by atoms with van der Waals surface area (Å²) in [6.07, 6.45) is 0.387. The summed E-state index contributed by atoms with van der Waals surface area (Å²) in [7, 11) is 0. The predicted molar refractivity (Wildman–Crippen MR) is 96.3 cm³/mol. The lowest BCUT2D eigenvalue weighted by Crippen LogP contribution is -2.39. The van der Waals surface area contributed by atoms with Crippen LogP contribution in [0, 0.1) is 0 Å². The lowest BCUT2D eigenvalue weighted by atomic mass is 10.1. The molecule has 0 bridgehead atoms. The summed E-state index contributed by atoms with van der Waals surface area (Å²) >= 11 is 12.2. The lowest BCUT2D eigenvalue weighted by molar-refractivity contribution is 0.0506. The molecule has 1 amide bonds. The van der Waals surface area contributed by atoms with E-state index in [1.165, 1.54) is 0 Å². The zero-order valence-electron chi connectivity index (χ0n) is 14.4. The molecule has 130 valence electrons. The zero-order valence-corrected chi connectivity index (χ0v) is 15.9. The van der Waals surface area contributed by atoms with Crippen LogP contribution >= 0.6 is 23.2 Å². The molecule has 1 rings (SSSR count). The fourth-order valence-corrected chi connectivity index (χ4v) is 2.52. The van der Waals surface area contributed by atoms with Crippen LogP contribution in [-0.4, -0.2) is 24.3 Å². The molecule has 0 saturated heterocycles. The van der Waals surface area contributed by atoms with E-state index in [-0.39, 0.29) is 12.1 Å². The molecular weight excluding hydrogens is 335 g/mol. The summed E-state index contributed by atoms with van der Waals surface area (Å²) in [6.45, 7) is 10.2. The van der Waals surface area contributed by atoms with Crippen LogP contribution in [0.3, 0.4) is 0 Å². The van der Waals surface area contributed by atoms with E-state index in [9.17, 15) is 4.79 Å². The minimum atomic E-state index is -0.486. The number of carbonyl (C=O) groups is 1. The number of hydrogen-bond acceptors (Lipinski definition) is 3. The van der Waals surface area contributed by atoms with Gasteiger partial charge in [0, 0.05) is 22.1 Å². The van der Waals surface area contributed by atoms with E-state index >= 15 is 0 Å². The summed E-state index contributed by atoms with van der Waals surface area (Å²) in [5, 5.41) is 7.56. The summed E-state index contributed by atoms with van der Waals surface area (Å²) in [4.78, 5) is 11.7. The first kappa shape index (κ1) is 20.1. The lowest BCUT2D eigenvalue weighted by Gasteiger charge is -2.22. The first-order valence-corrected chi connectivity index (χ1v) is 8.52. The first-order chi connectivity index (χ1) is 10.6. The van der Waals surface area contributed by atoms with Crippen LogP contribution in [0.1, 0.15) is 52.6 Å². The van der Waals surface area contributed by atoms with E-state index in [2.05, 4.69) is 10.6 Å². The Balaban J connectivity index is 2.38. The Kier molecular flexibility index (Phi) is 7.65. The van der Waals surface area contributed by atoms with Crippen LogP contribution < -0.4 is 10.6 Å². The Morgan fingerprint density at radius 3 is 2.52 bits per heavy atom. The largest absolute Gasteiger partial charge is 0.444 e. The number of nitrogens with one attached hydrogen (secondary N) is 2.